The normalized spacial score (nSPS) is 19.7. The van der Waals surface area contributed by atoms with Gasteiger partial charge in [0.1, 0.15) is 5.75 Å². The molecule has 0 unspecified atom stereocenters. The number of morpholine rings is 1. The van der Waals surface area contributed by atoms with Crippen molar-refractivity contribution in [1.29, 1.82) is 0 Å². The lowest BCUT2D eigenvalue weighted by molar-refractivity contribution is -0.122. The van der Waals surface area contributed by atoms with Crippen LogP contribution in [0.5, 0.6) is 5.75 Å². The molecule has 6 heteroatoms. The molecule has 1 N–H and O–H groups in total. The summed E-state index contributed by atoms with van der Waals surface area (Å²) in [6.45, 7) is 8.14. The molecule has 0 bridgehead atoms. The third-order valence-electron chi connectivity index (χ3n) is 5.70. The van der Waals surface area contributed by atoms with Crippen molar-refractivity contribution in [1.82, 2.24) is 15.1 Å². The van der Waals surface area contributed by atoms with Gasteiger partial charge in [0.05, 0.1) is 26.9 Å². The minimum atomic E-state index is 0.0904. The second-order valence-electron chi connectivity index (χ2n) is 7.55. The van der Waals surface area contributed by atoms with Crippen molar-refractivity contribution in [3.05, 3.63) is 29.8 Å². The number of amides is 1. The van der Waals surface area contributed by atoms with Crippen LogP contribution in [-0.4, -0.2) is 75.3 Å². The average Bonchev–Trinajstić information content (AvgIpc) is 2.72. The van der Waals surface area contributed by atoms with Crippen molar-refractivity contribution in [3.8, 4) is 5.75 Å². The summed E-state index contributed by atoms with van der Waals surface area (Å²) in [5, 5.41) is 3.02. The zero-order chi connectivity index (χ0) is 18.9. The van der Waals surface area contributed by atoms with Gasteiger partial charge in [0.15, 0.2) is 0 Å². The molecule has 6 nitrogen and oxygen atoms in total. The summed E-state index contributed by atoms with van der Waals surface area (Å²) in [5.41, 5.74) is 1.01. The smallest absolute Gasteiger partial charge is 0.234 e. The van der Waals surface area contributed by atoms with Crippen molar-refractivity contribution < 1.29 is 14.3 Å². The maximum absolute atomic E-state index is 12.3. The Balaban J connectivity index is 1.32. The standard InChI is InChI=1S/C21H33N3O3/c1-26-20-5-3-2-4-19(20)16-22-21(25)17-24-10-7-18(8-11-24)6-9-23-12-14-27-15-13-23/h2-5,18H,6-17H2,1H3,(H,22,25). The number of para-hydroxylation sites is 1. The van der Waals surface area contributed by atoms with E-state index in [1.54, 1.807) is 7.11 Å². The van der Waals surface area contributed by atoms with E-state index in [0.717, 1.165) is 56.6 Å². The predicted octanol–water partition coefficient (Wildman–Crippen LogP) is 1.75. The van der Waals surface area contributed by atoms with Crippen molar-refractivity contribution in [2.45, 2.75) is 25.8 Å². The van der Waals surface area contributed by atoms with E-state index in [9.17, 15) is 4.79 Å². The zero-order valence-corrected chi connectivity index (χ0v) is 16.5. The average molecular weight is 376 g/mol. The molecule has 27 heavy (non-hydrogen) atoms. The minimum Gasteiger partial charge on any atom is -0.496 e. The maximum Gasteiger partial charge on any atom is 0.234 e. The molecule has 1 amide bonds. The first-order valence-electron chi connectivity index (χ1n) is 10.2. The number of ether oxygens (including phenoxy) is 2. The second-order valence-corrected chi connectivity index (χ2v) is 7.55. The molecule has 150 valence electrons. The highest BCUT2D eigenvalue weighted by atomic mass is 16.5. The lowest BCUT2D eigenvalue weighted by Crippen LogP contribution is -2.42. The number of likely N-dealkylation sites (tertiary alicyclic amines) is 1. The van der Waals surface area contributed by atoms with Gasteiger partial charge >= 0.3 is 0 Å². The summed E-state index contributed by atoms with van der Waals surface area (Å²) in [6.07, 6.45) is 3.67. The highest BCUT2D eigenvalue weighted by molar-refractivity contribution is 5.78. The lowest BCUT2D eigenvalue weighted by Gasteiger charge is -2.33. The monoisotopic (exact) mass is 375 g/mol. The molecule has 0 spiro atoms. The van der Waals surface area contributed by atoms with Crippen LogP contribution in [0.25, 0.3) is 0 Å². The van der Waals surface area contributed by atoms with Gasteiger partial charge in [-0.3, -0.25) is 14.6 Å². The van der Waals surface area contributed by atoms with Crippen LogP contribution in [0, 0.1) is 5.92 Å². The summed E-state index contributed by atoms with van der Waals surface area (Å²) >= 11 is 0. The fraction of sp³-hybridized carbons (Fsp3) is 0.667. The van der Waals surface area contributed by atoms with Gasteiger partial charge in [-0.25, -0.2) is 0 Å². The molecule has 0 atom stereocenters. The molecule has 2 saturated heterocycles. The summed E-state index contributed by atoms with van der Waals surface area (Å²) in [4.78, 5) is 17.1. The molecule has 2 fully saturated rings. The van der Waals surface area contributed by atoms with E-state index in [1.807, 2.05) is 24.3 Å². The van der Waals surface area contributed by atoms with Gasteiger partial charge in [0, 0.05) is 25.2 Å². The SMILES string of the molecule is COc1ccccc1CNC(=O)CN1CCC(CCN2CCOCC2)CC1. The molecule has 0 aromatic heterocycles. The predicted molar refractivity (Wildman–Crippen MR) is 106 cm³/mol. The van der Waals surface area contributed by atoms with Crippen LogP contribution in [0.15, 0.2) is 24.3 Å². The first-order valence-corrected chi connectivity index (χ1v) is 10.2. The topological polar surface area (TPSA) is 54.0 Å². The largest absolute Gasteiger partial charge is 0.496 e. The number of rotatable bonds is 8. The molecular formula is C21H33N3O3. The fourth-order valence-corrected chi connectivity index (χ4v) is 3.92. The second kappa shape index (κ2) is 10.6. The van der Waals surface area contributed by atoms with Crippen LogP contribution in [-0.2, 0) is 16.1 Å². The quantitative estimate of drug-likeness (QED) is 0.750. The Bertz CT molecular complexity index is 582. The summed E-state index contributed by atoms with van der Waals surface area (Å²) in [5.74, 6) is 1.70. The minimum absolute atomic E-state index is 0.0904. The van der Waals surface area contributed by atoms with Gasteiger partial charge in [0.2, 0.25) is 5.91 Å². The van der Waals surface area contributed by atoms with Gasteiger partial charge in [-0.2, -0.15) is 0 Å². The Morgan fingerprint density at radius 2 is 1.89 bits per heavy atom. The Morgan fingerprint density at radius 3 is 2.63 bits per heavy atom. The van der Waals surface area contributed by atoms with Crippen molar-refractivity contribution in [3.63, 3.8) is 0 Å². The van der Waals surface area contributed by atoms with Crippen molar-refractivity contribution >= 4 is 5.91 Å². The third-order valence-corrected chi connectivity index (χ3v) is 5.70. The van der Waals surface area contributed by atoms with E-state index < -0.39 is 0 Å². The number of nitrogens with zero attached hydrogens (tertiary/aromatic N) is 2. The molecule has 1 aromatic carbocycles. The van der Waals surface area contributed by atoms with Crippen LogP contribution in [0.3, 0.4) is 0 Å². The molecule has 2 heterocycles. The highest BCUT2D eigenvalue weighted by Crippen LogP contribution is 2.21. The third kappa shape index (κ3) is 6.48. The summed E-state index contributed by atoms with van der Waals surface area (Å²) in [7, 11) is 1.66. The van der Waals surface area contributed by atoms with E-state index in [1.165, 1.54) is 25.8 Å². The van der Waals surface area contributed by atoms with E-state index >= 15 is 0 Å². The van der Waals surface area contributed by atoms with Crippen LogP contribution < -0.4 is 10.1 Å². The number of piperidine rings is 1. The molecule has 0 aliphatic carbocycles. The Morgan fingerprint density at radius 1 is 1.15 bits per heavy atom. The van der Waals surface area contributed by atoms with E-state index in [4.69, 9.17) is 9.47 Å². The maximum atomic E-state index is 12.3. The van der Waals surface area contributed by atoms with E-state index in [2.05, 4.69) is 15.1 Å². The molecule has 0 radical (unpaired) electrons. The van der Waals surface area contributed by atoms with Gasteiger partial charge < -0.3 is 14.8 Å². The van der Waals surface area contributed by atoms with Gasteiger partial charge in [-0.1, -0.05) is 18.2 Å². The number of methoxy groups -OCH3 is 1. The molecular weight excluding hydrogens is 342 g/mol. The molecule has 2 aliphatic heterocycles. The first kappa shape index (κ1) is 20.1. The van der Waals surface area contributed by atoms with Gasteiger partial charge in [0.25, 0.3) is 0 Å². The Labute approximate surface area is 162 Å². The lowest BCUT2D eigenvalue weighted by atomic mass is 9.93. The van der Waals surface area contributed by atoms with Crippen LogP contribution in [0.4, 0.5) is 0 Å². The molecule has 3 rings (SSSR count). The number of nitrogens with one attached hydrogen (secondary N) is 1. The van der Waals surface area contributed by atoms with Crippen LogP contribution in [0.1, 0.15) is 24.8 Å². The van der Waals surface area contributed by atoms with Crippen LogP contribution in [0.2, 0.25) is 0 Å². The summed E-state index contributed by atoms with van der Waals surface area (Å²) in [6, 6.07) is 7.81. The first-order chi connectivity index (χ1) is 13.2. The Kier molecular flexibility index (Phi) is 7.93. The summed E-state index contributed by atoms with van der Waals surface area (Å²) < 4.78 is 10.7. The van der Waals surface area contributed by atoms with Gasteiger partial charge in [-0.15, -0.1) is 0 Å². The van der Waals surface area contributed by atoms with Crippen LogP contribution >= 0.6 is 0 Å². The van der Waals surface area contributed by atoms with E-state index in [0.29, 0.717) is 13.1 Å². The number of carbonyl (C=O) groups excluding carboxylic acids is 1. The fourth-order valence-electron chi connectivity index (χ4n) is 3.92. The van der Waals surface area contributed by atoms with Gasteiger partial charge in [-0.05, 0) is 50.9 Å². The number of benzene rings is 1. The molecule has 2 aliphatic rings. The number of hydrogen-bond acceptors (Lipinski definition) is 5. The zero-order valence-electron chi connectivity index (χ0n) is 16.5. The molecule has 0 saturated carbocycles. The van der Waals surface area contributed by atoms with Crippen molar-refractivity contribution in [2.24, 2.45) is 5.92 Å². The Hall–Kier alpha value is -1.63. The molecule has 1 aromatic rings. The van der Waals surface area contributed by atoms with E-state index in [-0.39, 0.29) is 5.91 Å². The van der Waals surface area contributed by atoms with Crippen molar-refractivity contribution in [2.75, 3.05) is 59.6 Å². The number of carbonyl (C=O) groups is 1. The number of hydrogen-bond donors (Lipinski definition) is 1. The highest BCUT2D eigenvalue weighted by Gasteiger charge is 2.22.